The number of nitrogens with one attached hydrogen (secondary N) is 2. The number of carbonyl (C=O) groups excluding carboxylic acids is 1. The summed E-state index contributed by atoms with van der Waals surface area (Å²) in [4.78, 5) is 49.3. The molecule has 15 heteroatoms. The second-order valence-corrected chi connectivity index (χ2v) is 8.66. The highest BCUT2D eigenvalue weighted by Gasteiger charge is 2.39. The van der Waals surface area contributed by atoms with Crippen LogP contribution in [-0.2, 0) is 23.6 Å². The van der Waals surface area contributed by atoms with Gasteiger partial charge in [0.1, 0.15) is 6.54 Å². The fraction of sp³-hybridized carbons (Fsp3) is 0.455. The zero-order valence-electron chi connectivity index (χ0n) is 18.9. The van der Waals surface area contributed by atoms with Crippen LogP contribution in [0.4, 0.5) is 26.3 Å². The Labute approximate surface area is 203 Å². The van der Waals surface area contributed by atoms with E-state index in [1.165, 1.54) is 0 Å². The first kappa shape index (κ1) is 27.8. The summed E-state index contributed by atoms with van der Waals surface area (Å²) >= 11 is 0. The van der Waals surface area contributed by atoms with E-state index in [9.17, 15) is 50.6 Å². The van der Waals surface area contributed by atoms with Gasteiger partial charge in [0.2, 0.25) is 5.88 Å². The van der Waals surface area contributed by atoms with Crippen LogP contribution in [0.15, 0.2) is 27.8 Å². The molecule has 1 heterocycles. The Morgan fingerprint density at radius 2 is 1.76 bits per heavy atom. The predicted molar refractivity (Wildman–Crippen MR) is 114 cm³/mol. The number of nitrogens with zero attached hydrogens (tertiary/aromatic N) is 1. The Bertz CT molecular complexity index is 1310. The predicted octanol–water partition coefficient (Wildman–Crippen LogP) is 3.07. The molecule has 1 aliphatic rings. The lowest BCUT2D eigenvalue weighted by molar-refractivity contribution is -0.143. The molecule has 1 amide bonds. The molecule has 0 aliphatic heterocycles. The summed E-state index contributed by atoms with van der Waals surface area (Å²) in [5.74, 6) is -4.28. The summed E-state index contributed by atoms with van der Waals surface area (Å²) in [6.45, 7) is -0.878. The lowest BCUT2D eigenvalue weighted by Crippen LogP contribution is -2.40. The van der Waals surface area contributed by atoms with Crippen molar-refractivity contribution in [1.82, 2.24) is 14.9 Å². The summed E-state index contributed by atoms with van der Waals surface area (Å²) in [5, 5.41) is 21.1. The van der Waals surface area contributed by atoms with Gasteiger partial charge in [0.15, 0.2) is 5.56 Å². The molecule has 1 fully saturated rings. The monoisotopic (exact) mass is 537 g/mol. The number of hydrogen-bond donors (Lipinski definition) is 4. The molecule has 4 N–H and O–H groups in total. The summed E-state index contributed by atoms with van der Waals surface area (Å²) < 4.78 is 80.2. The molecule has 0 radical (unpaired) electrons. The second kappa shape index (κ2) is 10.3. The molecule has 9 nitrogen and oxygen atoms in total. The van der Waals surface area contributed by atoms with Gasteiger partial charge in [-0.15, -0.1) is 0 Å². The van der Waals surface area contributed by atoms with Crippen molar-refractivity contribution in [1.29, 1.82) is 0 Å². The number of benzene rings is 1. The smallest absolute Gasteiger partial charge is 0.416 e. The minimum Gasteiger partial charge on any atom is -0.494 e. The molecular weight excluding hydrogens is 516 g/mol. The van der Waals surface area contributed by atoms with Crippen molar-refractivity contribution in [2.75, 3.05) is 6.54 Å². The molecule has 1 aromatic carbocycles. The highest BCUT2D eigenvalue weighted by Crippen LogP contribution is 2.41. The minimum absolute atomic E-state index is 0.00795. The number of aromatic amines is 1. The average Bonchev–Trinajstić information content (AvgIpc) is 2.76. The van der Waals surface area contributed by atoms with Gasteiger partial charge < -0.3 is 15.5 Å². The largest absolute Gasteiger partial charge is 0.494 e. The van der Waals surface area contributed by atoms with E-state index in [0.717, 1.165) is 6.07 Å². The molecular formula is C22H21F6N3O6. The second-order valence-electron chi connectivity index (χ2n) is 8.66. The number of alkyl halides is 6. The van der Waals surface area contributed by atoms with E-state index in [-0.39, 0.29) is 30.9 Å². The Kier molecular flexibility index (Phi) is 7.74. The summed E-state index contributed by atoms with van der Waals surface area (Å²) in [6.07, 6.45) is -9.29. The fourth-order valence-corrected chi connectivity index (χ4v) is 4.51. The number of carbonyl (C=O) groups is 2. The van der Waals surface area contributed by atoms with E-state index in [1.54, 1.807) is 0 Å². The SMILES string of the molecule is O=C(O)CNC(=O)c1c(O)n(C2CCCC(Cc3ccc(C(F)(F)F)cc3C(F)(F)F)C2)c(=O)[nH]c1=O. The molecule has 2 aromatic rings. The molecule has 0 saturated heterocycles. The van der Waals surface area contributed by atoms with Crippen molar-refractivity contribution in [2.24, 2.45) is 5.92 Å². The molecule has 0 spiro atoms. The Morgan fingerprint density at radius 1 is 1.08 bits per heavy atom. The van der Waals surface area contributed by atoms with Crippen LogP contribution in [0.1, 0.15) is 58.8 Å². The first-order chi connectivity index (χ1) is 17.1. The van der Waals surface area contributed by atoms with Crippen LogP contribution in [-0.4, -0.2) is 38.2 Å². The van der Waals surface area contributed by atoms with Crippen LogP contribution in [0, 0.1) is 5.92 Å². The number of aromatic nitrogens is 2. The van der Waals surface area contributed by atoms with Gasteiger partial charge in [0, 0.05) is 6.04 Å². The number of aliphatic carboxylic acids is 1. The zero-order chi connectivity index (χ0) is 27.7. The van der Waals surface area contributed by atoms with E-state index in [4.69, 9.17) is 5.11 Å². The van der Waals surface area contributed by atoms with Crippen molar-refractivity contribution < 1.29 is 46.1 Å². The van der Waals surface area contributed by atoms with Gasteiger partial charge in [-0.25, -0.2) is 4.79 Å². The van der Waals surface area contributed by atoms with Crippen LogP contribution in [0.5, 0.6) is 5.88 Å². The molecule has 3 rings (SSSR count). The Hall–Kier alpha value is -3.78. The standard InChI is InChI=1S/C22H21F6N3O6/c23-21(24,25)12-5-4-11(14(8-12)22(26,27)28)6-10-2-1-3-13(7-10)31-19(36)16(18(35)30-20(31)37)17(34)29-9-15(32)33/h4-5,8,10,13,36H,1-3,6-7,9H2,(H,29,34)(H,32,33)(H,30,35,37). The average molecular weight is 537 g/mol. The maximum atomic E-state index is 13.5. The fourth-order valence-electron chi connectivity index (χ4n) is 4.51. The number of carboxylic acid groups (broad SMARTS) is 1. The molecule has 0 bridgehead atoms. The van der Waals surface area contributed by atoms with Gasteiger partial charge in [0.25, 0.3) is 11.5 Å². The maximum absolute atomic E-state index is 13.5. The van der Waals surface area contributed by atoms with Crippen molar-refractivity contribution >= 4 is 11.9 Å². The third kappa shape index (κ3) is 6.32. The molecule has 37 heavy (non-hydrogen) atoms. The van der Waals surface area contributed by atoms with Gasteiger partial charge in [-0.2, -0.15) is 26.3 Å². The lowest BCUT2D eigenvalue weighted by atomic mass is 9.81. The molecule has 2 unspecified atom stereocenters. The highest BCUT2D eigenvalue weighted by molar-refractivity contribution is 5.97. The summed E-state index contributed by atoms with van der Waals surface area (Å²) in [5.41, 5.74) is -6.50. The van der Waals surface area contributed by atoms with E-state index in [1.807, 2.05) is 10.3 Å². The molecule has 1 saturated carbocycles. The van der Waals surface area contributed by atoms with Gasteiger partial charge >= 0.3 is 24.0 Å². The number of rotatable bonds is 6. The van der Waals surface area contributed by atoms with Gasteiger partial charge in [0.05, 0.1) is 11.1 Å². The lowest BCUT2D eigenvalue weighted by Gasteiger charge is -2.31. The van der Waals surface area contributed by atoms with Gasteiger partial charge in [-0.3, -0.25) is 23.9 Å². The van der Waals surface area contributed by atoms with Gasteiger partial charge in [-0.05, 0) is 49.3 Å². The number of H-pyrrole nitrogens is 1. The topological polar surface area (TPSA) is 141 Å². The Morgan fingerprint density at radius 3 is 2.35 bits per heavy atom. The first-order valence-electron chi connectivity index (χ1n) is 10.9. The zero-order valence-corrected chi connectivity index (χ0v) is 18.9. The molecule has 1 aromatic heterocycles. The van der Waals surface area contributed by atoms with Crippen LogP contribution < -0.4 is 16.6 Å². The summed E-state index contributed by atoms with van der Waals surface area (Å²) in [6, 6.07) is 0.517. The number of hydrogen-bond acceptors (Lipinski definition) is 5. The molecule has 1 aliphatic carbocycles. The van der Waals surface area contributed by atoms with Crippen molar-refractivity contribution in [2.45, 2.75) is 50.5 Å². The Balaban J connectivity index is 1.91. The van der Waals surface area contributed by atoms with Crippen LogP contribution >= 0.6 is 0 Å². The number of aromatic hydroxyl groups is 1. The van der Waals surface area contributed by atoms with Crippen molar-refractivity contribution in [3.63, 3.8) is 0 Å². The molecule has 2 atom stereocenters. The maximum Gasteiger partial charge on any atom is 0.416 e. The van der Waals surface area contributed by atoms with E-state index < -0.39 is 76.6 Å². The van der Waals surface area contributed by atoms with Crippen LogP contribution in [0.3, 0.4) is 0 Å². The third-order valence-corrected chi connectivity index (χ3v) is 6.12. The van der Waals surface area contributed by atoms with Crippen LogP contribution in [0.2, 0.25) is 0 Å². The number of carboxylic acids is 1. The first-order valence-corrected chi connectivity index (χ1v) is 10.9. The van der Waals surface area contributed by atoms with Crippen molar-refractivity contribution in [3.05, 3.63) is 61.3 Å². The number of halogens is 6. The third-order valence-electron chi connectivity index (χ3n) is 6.12. The normalized spacial score (nSPS) is 18.4. The highest BCUT2D eigenvalue weighted by atomic mass is 19.4. The van der Waals surface area contributed by atoms with E-state index >= 15 is 0 Å². The van der Waals surface area contributed by atoms with E-state index in [2.05, 4.69) is 0 Å². The minimum atomic E-state index is -5.04. The van der Waals surface area contributed by atoms with Crippen LogP contribution in [0.25, 0.3) is 0 Å². The number of amides is 1. The quantitative estimate of drug-likeness (QED) is 0.418. The van der Waals surface area contributed by atoms with Gasteiger partial charge in [-0.1, -0.05) is 12.5 Å². The van der Waals surface area contributed by atoms with Crippen molar-refractivity contribution in [3.8, 4) is 5.88 Å². The van der Waals surface area contributed by atoms with E-state index in [0.29, 0.717) is 23.5 Å². The summed E-state index contributed by atoms with van der Waals surface area (Å²) in [7, 11) is 0. The molecule has 202 valence electrons.